The number of methoxy groups -OCH3 is 1. The molecule has 3 atom stereocenters. The Kier molecular flexibility index (Phi) is 7.07. The lowest BCUT2D eigenvalue weighted by atomic mass is 9.86. The summed E-state index contributed by atoms with van der Waals surface area (Å²) >= 11 is 0. The van der Waals surface area contributed by atoms with Gasteiger partial charge in [0.25, 0.3) is 0 Å². The van der Waals surface area contributed by atoms with Crippen molar-refractivity contribution in [3.63, 3.8) is 0 Å². The standard InChI is InChI=1S/C21H28O7/c1-13(22)25-12-19-18(26-14(2)23)9-10-20(28-19)27-17-8-7-15(24-6)11-16(17)21(3,4)5/h7-11,18-20H,12H2,1-6H3/t18-,19+,20-/m0/s1. The predicted molar refractivity (Wildman–Crippen MR) is 102 cm³/mol. The van der Waals surface area contributed by atoms with Gasteiger partial charge in [0.1, 0.15) is 30.3 Å². The molecule has 7 heteroatoms. The molecule has 0 bridgehead atoms. The van der Waals surface area contributed by atoms with Crippen molar-refractivity contribution in [2.24, 2.45) is 0 Å². The molecule has 1 aliphatic rings. The molecule has 1 heterocycles. The van der Waals surface area contributed by atoms with E-state index in [-0.39, 0.29) is 12.0 Å². The minimum absolute atomic E-state index is 0.0494. The van der Waals surface area contributed by atoms with Crippen LogP contribution in [0.15, 0.2) is 30.4 Å². The topological polar surface area (TPSA) is 80.3 Å². The summed E-state index contributed by atoms with van der Waals surface area (Å²) in [6.07, 6.45) is 1.31. The van der Waals surface area contributed by atoms with E-state index in [0.29, 0.717) is 5.75 Å². The molecule has 0 saturated carbocycles. The molecule has 0 amide bonds. The van der Waals surface area contributed by atoms with E-state index in [1.807, 2.05) is 18.2 Å². The third kappa shape index (κ3) is 5.99. The Hall–Kier alpha value is -2.54. The van der Waals surface area contributed by atoms with Crippen molar-refractivity contribution in [1.29, 1.82) is 0 Å². The number of hydrogen-bond donors (Lipinski definition) is 0. The van der Waals surface area contributed by atoms with Gasteiger partial charge in [0, 0.05) is 19.4 Å². The van der Waals surface area contributed by atoms with Gasteiger partial charge in [-0.3, -0.25) is 9.59 Å². The zero-order valence-electron chi connectivity index (χ0n) is 17.2. The average Bonchev–Trinajstić information content (AvgIpc) is 2.60. The van der Waals surface area contributed by atoms with Gasteiger partial charge in [-0.05, 0) is 35.8 Å². The molecule has 7 nitrogen and oxygen atoms in total. The highest BCUT2D eigenvalue weighted by Crippen LogP contribution is 2.35. The molecule has 0 radical (unpaired) electrons. The lowest BCUT2D eigenvalue weighted by molar-refractivity contribution is -0.178. The summed E-state index contributed by atoms with van der Waals surface area (Å²) in [7, 11) is 1.62. The van der Waals surface area contributed by atoms with Crippen LogP contribution in [0.3, 0.4) is 0 Å². The maximum atomic E-state index is 11.3. The second-order valence-electron chi connectivity index (χ2n) is 7.53. The largest absolute Gasteiger partial charge is 0.497 e. The zero-order chi connectivity index (χ0) is 20.9. The fraction of sp³-hybridized carbons (Fsp3) is 0.524. The van der Waals surface area contributed by atoms with Crippen molar-refractivity contribution in [1.82, 2.24) is 0 Å². The number of ether oxygens (including phenoxy) is 5. The fourth-order valence-corrected chi connectivity index (χ4v) is 2.78. The van der Waals surface area contributed by atoms with Crippen LogP contribution < -0.4 is 9.47 Å². The van der Waals surface area contributed by atoms with Crippen LogP contribution in [-0.4, -0.2) is 44.2 Å². The molecule has 0 unspecified atom stereocenters. The van der Waals surface area contributed by atoms with E-state index in [0.717, 1.165) is 11.3 Å². The molecular weight excluding hydrogens is 364 g/mol. The molecule has 154 valence electrons. The number of benzene rings is 1. The number of carbonyl (C=O) groups is 2. The number of rotatable bonds is 6. The van der Waals surface area contributed by atoms with E-state index in [9.17, 15) is 9.59 Å². The summed E-state index contributed by atoms with van der Waals surface area (Å²) < 4.78 is 27.5. The highest BCUT2D eigenvalue weighted by atomic mass is 16.7. The van der Waals surface area contributed by atoms with Gasteiger partial charge in [0.15, 0.2) is 0 Å². The monoisotopic (exact) mass is 392 g/mol. The van der Waals surface area contributed by atoms with E-state index in [2.05, 4.69) is 20.8 Å². The molecule has 1 aromatic rings. The first-order valence-corrected chi connectivity index (χ1v) is 9.09. The number of hydrogen-bond acceptors (Lipinski definition) is 7. The summed E-state index contributed by atoms with van der Waals surface area (Å²) in [5.41, 5.74) is 0.780. The Bertz CT molecular complexity index is 733. The molecule has 0 aromatic heterocycles. The minimum atomic E-state index is -0.720. The average molecular weight is 392 g/mol. The SMILES string of the molecule is COc1ccc(O[C@@H]2C=C[C@H](OC(C)=O)[C@@H](COC(C)=O)O2)c(C(C)(C)C)c1. The maximum Gasteiger partial charge on any atom is 0.303 e. The van der Waals surface area contributed by atoms with Crippen LogP contribution in [0.4, 0.5) is 0 Å². The molecule has 0 fully saturated rings. The lowest BCUT2D eigenvalue weighted by Gasteiger charge is -2.32. The van der Waals surface area contributed by atoms with Crippen molar-refractivity contribution in [3.8, 4) is 11.5 Å². The molecule has 0 aliphatic carbocycles. The molecule has 0 spiro atoms. The van der Waals surface area contributed by atoms with Gasteiger partial charge in [-0.1, -0.05) is 20.8 Å². The van der Waals surface area contributed by atoms with Crippen molar-refractivity contribution in [3.05, 3.63) is 35.9 Å². The van der Waals surface area contributed by atoms with Crippen molar-refractivity contribution >= 4 is 11.9 Å². The Morgan fingerprint density at radius 3 is 2.39 bits per heavy atom. The van der Waals surface area contributed by atoms with E-state index in [1.54, 1.807) is 19.3 Å². The Morgan fingerprint density at radius 2 is 1.82 bits per heavy atom. The Balaban J connectivity index is 2.22. The van der Waals surface area contributed by atoms with Crippen LogP contribution >= 0.6 is 0 Å². The Morgan fingerprint density at radius 1 is 1.11 bits per heavy atom. The van der Waals surface area contributed by atoms with Crippen LogP contribution in [-0.2, 0) is 29.2 Å². The summed E-state index contributed by atoms with van der Waals surface area (Å²) in [5, 5.41) is 0. The van der Waals surface area contributed by atoms with Crippen LogP contribution in [0.2, 0.25) is 0 Å². The third-order valence-electron chi connectivity index (χ3n) is 4.12. The fourth-order valence-electron chi connectivity index (χ4n) is 2.78. The van der Waals surface area contributed by atoms with Gasteiger partial charge in [-0.25, -0.2) is 0 Å². The van der Waals surface area contributed by atoms with Gasteiger partial charge in [0.05, 0.1) is 7.11 Å². The highest BCUT2D eigenvalue weighted by molar-refractivity contribution is 5.66. The minimum Gasteiger partial charge on any atom is -0.497 e. The predicted octanol–water partition coefficient (Wildman–Crippen LogP) is 3.15. The van der Waals surface area contributed by atoms with E-state index in [1.165, 1.54) is 13.8 Å². The molecule has 0 N–H and O–H groups in total. The first kappa shape index (κ1) is 21.8. The second kappa shape index (κ2) is 9.10. The summed E-state index contributed by atoms with van der Waals surface area (Å²) in [6.45, 7) is 8.80. The summed E-state index contributed by atoms with van der Waals surface area (Å²) in [5.74, 6) is 0.498. The summed E-state index contributed by atoms with van der Waals surface area (Å²) in [4.78, 5) is 22.5. The first-order valence-electron chi connectivity index (χ1n) is 9.09. The quantitative estimate of drug-likeness (QED) is 0.543. The molecule has 1 aromatic carbocycles. The smallest absolute Gasteiger partial charge is 0.303 e. The second-order valence-corrected chi connectivity index (χ2v) is 7.53. The van der Waals surface area contributed by atoms with Crippen LogP contribution in [0, 0.1) is 0 Å². The zero-order valence-corrected chi connectivity index (χ0v) is 17.2. The maximum absolute atomic E-state index is 11.3. The Labute approximate surface area is 165 Å². The van der Waals surface area contributed by atoms with E-state index >= 15 is 0 Å². The van der Waals surface area contributed by atoms with Gasteiger partial charge >= 0.3 is 11.9 Å². The van der Waals surface area contributed by atoms with Crippen molar-refractivity contribution in [2.45, 2.75) is 58.5 Å². The van der Waals surface area contributed by atoms with Crippen LogP contribution in [0.1, 0.15) is 40.2 Å². The molecule has 1 aliphatic heterocycles. The summed E-state index contributed by atoms with van der Waals surface area (Å²) in [6, 6.07) is 5.57. The van der Waals surface area contributed by atoms with E-state index in [4.69, 9.17) is 23.7 Å². The van der Waals surface area contributed by atoms with Crippen LogP contribution in [0.25, 0.3) is 0 Å². The van der Waals surface area contributed by atoms with E-state index < -0.39 is 30.4 Å². The molecule has 28 heavy (non-hydrogen) atoms. The number of carbonyl (C=O) groups excluding carboxylic acids is 2. The van der Waals surface area contributed by atoms with Gasteiger partial charge in [-0.15, -0.1) is 0 Å². The highest BCUT2D eigenvalue weighted by Gasteiger charge is 2.32. The van der Waals surface area contributed by atoms with Crippen molar-refractivity contribution < 1.29 is 33.3 Å². The molecule has 2 rings (SSSR count). The third-order valence-corrected chi connectivity index (χ3v) is 4.12. The van der Waals surface area contributed by atoms with Crippen LogP contribution in [0.5, 0.6) is 11.5 Å². The number of esters is 2. The molecule has 0 saturated heterocycles. The van der Waals surface area contributed by atoms with Gasteiger partial charge < -0.3 is 23.7 Å². The van der Waals surface area contributed by atoms with Gasteiger partial charge in [-0.2, -0.15) is 0 Å². The molecular formula is C21H28O7. The van der Waals surface area contributed by atoms with Crippen molar-refractivity contribution in [2.75, 3.05) is 13.7 Å². The van der Waals surface area contributed by atoms with Gasteiger partial charge in [0.2, 0.25) is 6.29 Å². The normalized spacial score (nSPS) is 21.7. The first-order chi connectivity index (χ1) is 13.1. The lowest BCUT2D eigenvalue weighted by Crippen LogP contribution is -2.43.